The Morgan fingerprint density at radius 3 is 2.81 bits per heavy atom. The van der Waals surface area contributed by atoms with E-state index in [1.165, 1.54) is 12.3 Å². The molecule has 0 spiro atoms. The van der Waals surface area contributed by atoms with Crippen LogP contribution in [-0.2, 0) is 10.0 Å². The van der Waals surface area contributed by atoms with E-state index in [-0.39, 0.29) is 4.90 Å². The number of hydrogen-bond acceptors (Lipinski definition) is 5. The number of nitrogens with zero attached hydrogens (tertiary/aromatic N) is 2. The van der Waals surface area contributed by atoms with Crippen LogP contribution < -0.4 is 9.88 Å². The fourth-order valence-corrected chi connectivity index (χ4v) is 2.65. The lowest BCUT2D eigenvalue weighted by Crippen LogP contribution is -2.13. The Kier molecular flexibility index (Phi) is 4.73. The summed E-state index contributed by atoms with van der Waals surface area (Å²) >= 11 is 0. The van der Waals surface area contributed by atoms with Gasteiger partial charge in [-0.25, -0.2) is 13.6 Å². The van der Waals surface area contributed by atoms with E-state index in [9.17, 15) is 8.42 Å². The third-order valence-corrected chi connectivity index (χ3v) is 3.88. The Hall–Kier alpha value is -2.17. The Bertz CT molecular complexity index is 782. The van der Waals surface area contributed by atoms with Gasteiger partial charge < -0.3 is 4.74 Å². The normalized spacial score (nSPS) is 11.2. The molecule has 0 unspecified atom stereocenters. The van der Waals surface area contributed by atoms with Gasteiger partial charge in [0, 0.05) is 18.0 Å². The van der Waals surface area contributed by atoms with Gasteiger partial charge in [-0.1, -0.05) is 0 Å². The smallest absolute Gasteiger partial charge is 0.240 e. The number of sulfonamides is 1. The molecule has 2 rings (SSSR count). The number of fused-ring (bicyclic) bond motifs is 1. The summed E-state index contributed by atoms with van der Waals surface area (Å²) in [5, 5.41) is 14.3. The van der Waals surface area contributed by atoms with E-state index in [4.69, 9.17) is 15.1 Å². The minimum atomic E-state index is -3.83. The molecular formula is C14H15N3O3S. The number of unbranched alkanes of at least 4 members (excludes halogenated alkanes) is 2. The summed E-state index contributed by atoms with van der Waals surface area (Å²) < 4.78 is 28.8. The molecule has 0 bridgehead atoms. The van der Waals surface area contributed by atoms with E-state index >= 15 is 0 Å². The zero-order valence-corrected chi connectivity index (χ0v) is 12.1. The van der Waals surface area contributed by atoms with E-state index in [1.54, 1.807) is 18.2 Å². The summed E-state index contributed by atoms with van der Waals surface area (Å²) in [6.07, 6.45) is 3.53. The maximum atomic E-state index is 11.6. The lowest BCUT2D eigenvalue weighted by atomic mass is 10.2. The van der Waals surface area contributed by atoms with Crippen molar-refractivity contribution in [1.82, 2.24) is 4.98 Å². The Balaban J connectivity index is 2.29. The molecule has 0 radical (unpaired) electrons. The number of nitrogens with two attached hydrogens (primary N) is 1. The van der Waals surface area contributed by atoms with Gasteiger partial charge >= 0.3 is 0 Å². The van der Waals surface area contributed by atoms with Crippen molar-refractivity contribution in [2.45, 2.75) is 24.2 Å². The van der Waals surface area contributed by atoms with Crippen LogP contribution in [0.15, 0.2) is 35.4 Å². The number of pyridine rings is 1. The lowest BCUT2D eigenvalue weighted by Gasteiger charge is -2.10. The first-order chi connectivity index (χ1) is 10.0. The third kappa shape index (κ3) is 3.68. The molecule has 2 aromatic rings. The molecule has 0 atom stereocenters. The Morgan fingerprint density at radius 2 is 2.10 bits per heavy atom. The lowest BCUT2D eigenvalue weighted by molar-refractivity contribution is 0.311. The first kappa shape index (κ1) is 15.2. The molecule has 7 heteroatoms. The quantitative estimate of drug-likeness (QED) is 0.821. The molecule has 0 amide bonds. The van der Waals surface area contributed by atoms with Gasteiger partial charge in [0.1, 0.15) is 10.6 Å². The zero-order valence-electron chi connectivity index (χ0n) is 11.3. The van der Waals surface area contributed by atoms with Crippen molar-refractivity contribution < 1.29 is 13.2 Å². The van der Waals surface area contributed by atoms with Crippen LogP contribution in [0.3, 0.4) is 0 Å². The summed E-state index contributed by atoms with van der Waals surface area (Å²) in [6.45, 7) is 0.459. The standard InChI is InChI=1S/C14H15N3O3S/c15-8-2-1-3-10-20-12-6-7-13(21(16,18)19)14-11(12)5-4-9-17-14/h4-7,9H,1-3,10H2,(H2,16,18,19). The summed E-state index contributed by atoms with van der Waals surface area (Å²) in [6, 6.07) is 8.49. The monoisotopic (exact) mass is 305 g/mol. The average molecular weight is 305 g/mol. The van der Waals surface area contributed by atoms with Gasteiger partial charge in [-0.05, 0) is 37.1 Å². The van der Waals surface area contributed by atoms with Crippen molar-refractivity contribution in [2.24, 2.45) is 5.14 Å². The molecule has 0 aliphatic heterocycles. The maximum absolute atomic E-state index is 11.6. The van der Waals surface area contributed by atoms with Crippen molar-refractivity contribution in [3.63, 3.8) is 0 Å². The van der Waals surface area contributed by atoms with Crippen LogP contribution in [-0.4, -0.2) is 20.0 Å². The highest BCUT2D eigenvalue weighted by molar-refractivity contribution is 7.89. The predicted molar refractivity (Wildman–Crippen MR) is 78.1 cm³/mol. The van der Waals surface area contributed by atoms with Crippen LogP contribution >= 0.6 is 0 Å². The van der Waals surface area contributed by atoms with Gasteiger partial charge in [-0.3, -0.25) is 4.98 Å². The Morgan fingerprint density at radius 1 is 1.29 bits per heavy atom. The average Bonchev–Trinajstić information content (AvgIpc) is 2.45. The van der Waals surface area contributed by atoms with E-state index in [0.29, 0.717) is 29.7 Å². The van der Waals surface area contributed by atoms with Crippen molar-refractivity contribution in [2.75, 3.05) is 6.61 Å². The molecule has 6 nitrogen and oxygen atoms in total. The minimum absolute atomic E-state index is 0.0186. The largest absolute Gasteiger partial charge is 0.493 e. The zero-order chi connectivity index (χ0) is 15.3. The van der Waals surface area contributed by atoms with Crippen LogP contribution in [0.5, 0.6) is 5.75 Å². The van der Waals surface area contributed by atoms with Crippen LogP contribution in [0.1, 0.15) is 19.3 Å². The van der Waals surface area contributed by atoms with E-state index < -0.39 is 10.0 Å². The van der Waals surface area contributed by atoms with Gasteiger partial charge in [0.2, 0.25) is 10.0 Å². The fourth-order valence-electron chi connectivity index (χ4n) is 1.96. The number of nitriles is 1. The highest BCUT2D eigenvalue weighted by atomic mass is 32.2. The number of ether oxygens (including phenoxy) is 1. The van der Waals surface area contributed by atoms with Gasteiger partial charge in [-0.2, -0.15) is 5.26 Å². The fraction of sp³-hybridized carbons (Fsp3) is 0.286. The predicted octanol–water partition coefficient (Wildman–Crippen LogP) is 1.95. The number of rotatable bonds is 6. The molecule has 110 valence electrons. The molecule has 0 saturated carbocycles. The van der Waals surface area contributed by atoms with Crippen molar-refractivity contribution in [3.05, 3.63) is 30.5 Å². The van der Waals surface area contributed by atoms with Gasteiger partial charge in [-0.15, -0.1) is 0 Å². The van der Waals surface area contributed by atoms with Gasteiger partial charge in [0.25, 0.3) is 0 Å². The van der Waals surface area contributed by atoms with Crippen LogP contribution in [0.2, 0.25) is 0 Å². The van der Waals surface area contributed by atoms with Crippen LogP contribution in [0, 0.1) is 11.3 Å². The summed E-state index contributed by atoms with van der Waals surface area (Å²) in [7, 11) is -3.83. The summed E-state index contributed by atoms with van der Waals surface area (Å²) in [4.78, 5) is 4.07. The molecule has 0 aliphatic carbocycles. The van der Waals surface area contributed by atoms with Crippen molar-refractivity contribution >= 4 is 20.9 Å². The molecule has 0 saturated heterocycles. The van der Waals surface area contributed by atoms with Crippen LogP contribution in [0.4, 0.5) is 0 Å². The molecule has 21 heavy (non-hydrogen) atoms. The molecule has 0 fully saturated rings. The van der Waals surface area contributed by atoms with Crippen molar-refractivity contribution in [3.8, 4) is 11.8 Å². The summed E-state index contributed by atoms with van der Waals surface area (Å²) in [5.41, 5.74) is 0.300. The molecule has 1 aromatic carbocycles. The van der Waals surface area contributed by atoms with E-state index in [0.717, 1.165) is 12.8 Å². The summed E-state index contributed by atoms with van der Waals surface area (Å²) in [5.74, 6) is 0.558. The van der Waals surface area contributed by atoms with E-state index in [2.05, 4.69) is 11.1 Å². The number of benzene rings is 1. The molecule has 1 heterocycles. The molecule has 0 aliphatic rings. The number of aromatic nitrogens is 1. The molecular weight excluding hydrogens is 290 g/mol. The van der Waals surface area contributed by atoms with Crippen molar-refractivity contribution in [1.29, 1.82) is 5.26 Å². The number of primary sulfonamides is 1. The second-order valence-electron chi connectivity index (χ2n) is 4.47. The highest BCUT2D eigenvalue weighted by Gasteiger charge is 2.16. The third-order valence-electron chi connectivity index (χ3n) is 2.94. The first-order valence-corrected chi connectivity index (χ1v) is 7.99. The topological polar surface area (TPSA) is 106 Å². The first-order valence-electron chi connectivity index (χ1n) is 6.44. The minimum Gasteiger partial charge on any atom is -0.493 e. The Labute approximate surface area is 123 Å². The molecule has 1 aromatic heterocycles. The second kappa shape index (κ2) is 6.52. The van der Waals surface area contributed by atoms with Gasteiger partial charge in [0.05, 0.1) is 18.2 Å². The van der Waals surface area contributed by atoms with Gasteiger partial charge in [0.15, 0.2) is 0 Å². The highest BCUT2D eigenvalue weighted by Crippen LogP contribution is 2.29. The molecule has 2 N–H and O–H groups in total. The second-order valence-corrected chi connectivity index (χ2v) is 6.00. The maximum Gasteiger partial charge on any atom is 0.240 e. The SMILES string of the molecule is N#CCCCCOc1ccc(S(N)(=O)=O)c2ncccc12. The van der Waals surface area contributed by atoms with Crippen LogP contribution in [0.25, 0.3) is 10.9 Å². The van der Waals surface area contributed by atoms with E-state index in [1.807, 2.05) is 0 Å². The number of hydrogen-bond donors (Lipinski definition) is 1.